The summed E-state index contributed by atoms with van der Waals surface area (Å²) in [5.74, 6) is -0.978. The second-order valence-corrected chi connectivity index (χ2v) is 3.96. The van der Waals surface area contributed by atoms with Crippen molar-refractivity contribution in [1.82, 2.24) is 0 Å². The normalized spacial score (nSPS) is 10.2. The predicted octanol–water partition coefficient (Wildman–Crippen LogP) is 2.46. The molecule has 1 heterocycles. The van der Waals surface area contributed by atoms with Crippen LogP contribution in [0.4, 0.5) is 10.7 Å². The van der Waals surface area contributed by atoms with E-state index in [2.05, 4.69) is 0 Å². The molecule has 21 heavy (non-hydrogen) atoms. The van der Waals surface area contributed by atoms with Crippen molar-refractivity contribution in [2.45, 2.75) is 0 Å². The first-order valence-corrected chi connectivity index (χ1v) is 5.75. The van der Waals surface area contributed by atoms with Gasteiger partial charge in [-0.2, -0.15) is 0 Å². The molecule has 2 aromatic rings. The summed E-state index contributed by atoms with van der Waals surface area (Å²) >= 11 is 0. The Morgan fingerprint density at radius 2 is 1.81 bits per heavy atom. The quantitative estimate of drug-likeness (QED) is 0.683. The van der Waals surface area contributed by atoms with E-state index in [4.69, 9.17) is 19.0 Å². The van der Waals surface area contributed by atoms with Crippen LogP contribution in [0.3, 0.4) is 0 Å². The largest absolute Gasteiger partial charge is 0.502 e. The number of nitrogens with one attached hydrogen (secondary N) is 1. The number of hydrogen-bond donors (Lipinski definition) is 4. The molecular weight excluding hydrogens is 282 g/mol. The van der Waals surface area contributed by atoms with Crippen molar-refractivity contribution in [1.29, 1.82) is 0 Å². The van der Waals surface area contributed by atoms with Crippen LogP contribution in [-0.4, -0.2) is 35.6 Å². The van der Waals surface area contributed by atoms with Gasteiger partial charge in [0.05, 0.1) is 14.2 Å². The topological polar surface area (TPSA) is 121 Å². The summed E-state index contributed by atoms with van der Waals surface area (Å²) in [6.07, 6.45) is -1.43. The molecule has 4 N–H and O–H groups in total. The molecule has 0 aliphatic rings. The molecule has 0 saturated carbocycles. The van der Waals surface area contributed by atoms with Crippen molar-refractivity contribution >= 4 is 12.0 Å². The molecule has 0 unspecified atom stereocenters. The van der Waals surface area contributed by atoms with Crippen LogP contribution in [-0.2, 0) is 0 Å². The number of aromatic hydroxyl groups is 2. The van der Waals surface area contributed by atoms with Gasteiger partial charge in [0.2, 0.25) is 17.4 Å². The minimum absolute atomic E-state index is 0.0998. The third-order valence-corrected chi connectivity index (χ3v) is 2.72. The molecule has 1 aromatic heterocycles. The van der Waals surface area contributed by atoms with Crippen LogP contribution in [0.25, 0.3) is 11.3 Å². The average molecular weight is 295 g/mol. The van der Waals surface area contributed by atoms with Gasteiger partial charge >= 0.3 is 6.09 Å². The smallest absolute Gasteiger partial charge is 0.411 e. The molecule has 0 aliphatic carbocycles. The zero-order chi connectivity index (χ0) is 15.6. The first-order chi connectivity index (χ1) is 9.97. The number of furan rings is 1. The van der Waals surface area contributed by atoms with E-state index in [1.165, 1.54) is 20.3 Å². The fourth-order valence-electron chi connectivity index (χ4n) is 1.77. The lowest BCUT2D eigenvalue weighted by atomic mass is 10.1. The molecule has 0 spiro atoms. The van der Waals surface area contributed by atoms with E-state index in [-0.39, 0.29) is 5.76 Å². The summed E-state index contributed by atoms with van der Waals surface area (Å²) in [4.78, 5) is 10.6. The van der Waals surface area contributed by atoms with Gasteiger partial charge in [0.25, 0.3) is 0 Å². The van der Waals surface area contributed by atoms with E-state index in [1.807, 2.05) is 5.32 Å². The maximum absolute atomic E-state index is 10.6. The highest BCUT2D eigenvalue weighted by molar-refractivity contribution is 5.86. The highest BCUT2D eigenvalue weighted by Gasteiger charge is 2.22. The number of carbonyl (C=O) groups is 1. The number of methoxy groups -OCH3 is 2. The minimum atomic E-state index is -1.43. The van der Waals surface area contributed by atoms with E-state index >= 15 is 0 Å². The predicted molar refractivity (Wildman–Crippen MR) is 72.2 cm³/mol. The number of ether oxygens (including phenoxy) is 2. The molecule has 0 bridgehead atoms. The highest BCUT2D eigenvalue weighted by Crippen LogP contribution is 2.46. The van der Waals surface area contributed by atoms with E-state index in [1.54, 1.807) is 12.1 Å². The fraction of sp³-hybridized carbons (Fsp3) is 0.154. The summed E-state index contributed by atoms with van der Waals surface area (Å²) < 4.78 is 15.3. The Hall–Kier alpha value is -3.03. The Balaban J connectivity index is 2.49. The van der Waals surface area contributed by atoms with Gasteiger partial charge in [-0.05, 0) is 18.2 Å². The van der Waals surface area contributed by atoms with Crippen molar-refractivity contribution < 1.29 is 34.0 Å². The number of carboxylic acid groups (broad SMARTS) is 1. The van der Waals surface area contributed by atoms with Crippen LogP contribution in [0.5, 0.6) is 23.0 Å². The molecule has 1 amide bonds. The molecule has 8 nitrogen and oxygen atoms in total. The lowest BCUT2D eigenvalue weighted by Gasteiger charge is -2.08. The zero-order valence-electron chi connectivity index (χ0n) is 11.2. The summed E-state index contributed by atoms with van der Waals surface area (Å²) in [6, 6.07) is 4.66. The van der Waals surface area contributed by atoms with Gasteiger partial charge in [-0.1, -0.05) is 0 Å². The zero-order valence-corrected chi connectivity index (χ0v) is 11.2. The Morgan fingerprint density at radius 1 is 1.14 bits per heavy atom. The van der Waals surface area contributed by atoms with Crippen LogP contribution in [0.15, 0.2) is 22.6 Å². The fourth-order valence-corrected chi connectivity index (χ4v) is 1.77. The third kappa shape index (κ3) is 2.64. The van der Waals surface area contributed by atoms with Crippen LogP contribution in [0.2, 0.25) is 0 Å². The van der Waals surface area contributed by atoms with Gasteiger partial charge in [0.15, 0.2) is 17.3 Å². The summed E-state index contributed by atoms with van der Waals surface area (Å²) in [5.41, 5.74) is 0.374. The van der Waals surface area contributed by atoms with Crippen LogP contribution >= 0.6 is 0 Å². The molecule has 2 rings (SSSR count). The van der Waals surface area contributed by atoms with E-state index < -0.39 is 23.5 Å². The summed E-state index contributed by atoms with van der Waals surface area (Å²) in [6.45, 7) is 0. The second-order valence-electron chi connectivity index (χ2n) is 3.96. The maximum Gasteiger partial charge on any atom is 0.411 e. The van der Waals surface area contributed by atoms with Crippen molar-refractivity contribution in [3.05, 3.63) is 18.2 Å². The molecule has 8 heteroatoms. The summed E-state index contributed by atoms with van der Waals surface area (Å²) in [5, 5.41) is 29.9. The first kappa shape index (κ1) is 14.4. The standard InChI is InChI=1S/C13H13NO7/c1-19-7-4-3-6(5-8(7)20-2)11-9(15)10(16)12(21-11)14-13(17)18/h3-5,14-16H,1-2H3,(H,17,18). The molecule has 0 atom stereocenters. The molecule has 0 radical (unpaired) electrons. The van der Waals surface area contributed by atoms with Gasteiger partial charge in [0.1, 0.15) is 0 Å². The van der Waals surface area contributed by atoms with Gasteiger partial charge in [-0.3, -0.25) is 5.32 Å². The maximum atomic E-state index is 10.6. The third-order valence-electron chi connectivity index (χ3n) is 2.72. The second kappa shape index (κ2) is 5.53. The van der Waals surface area contributed by atoms with Gasteiger partial charge < -0.3 is 29.2 Å². The van der Waals surface area contributed by atoms with Crippen molar-refractivity contribution in [3.63, 3.8) is 0 Å². The van der Waals surface area contributed by atoms with Gasteiger partial charge in [-0.25, -0.2) is 4.79 Å². The molecular formula is C13H13NO7. The number of benzene rings is 1. The van der Waals surface area contributed by atoms with Crippen molar-refractivity contribution in [2.75, 3.05) is 19.5 Å². The Kier molecular flexibility index (Phi) is 3.79. The molecule has 112 valence electrons. The number of rotatable bonds is 4. The molecule has 0 fully saturated rings. The van der Waals surface area contributed by atoms with E-state index in [9.17, 15) is 15.0 Å². The number of amides is 1. The van der Waals surface area contributed by atoms with Gasteiger partial charge in [-0.15, -0.1) is 0 Å². The lowest BCUT2D eigenvalue weighted by molar-refractivity contribution is 0.209. The SMILES string of the molecule is COc1ccc(-c2oc(NC(=O)O)c(O)c2O)cc1OC. The number of anilines is 1. The molecule has 0 saturated heterocycles. The monoisotopic (exact) mass is 295 g/mol. The van der Waals surface area contributed by atoms with Crippen molar-refractivity contribution in [2.24, 2.45) is 0 Å². The molecule has 1 aromatic carbocycles. The van der Waals surface area contributed by atoms with Crippen LogP contribution < -0.4 is 14.8 Å². The van der Waals surface area contributed by atoms with E-state index in [0.29, 0.717) is 17.1 Å². The first-order valence-electron chi connectivity index (χ1n) is 5.75. The van der Waals surface area contributed by atoms with Gasteiger partial charge in [0, 0.05) is 5.56 Å². The van der Waals surface area contributed by atoms with Crippen molar-refractivity contribution in [3.8, 4) is 34.3 Å². The highest BCUT2D eigenvalue weighted by atomic mass is 16.5. The average Bonchev–Trinajstić information content (AvgIpc) is 2.74. The van der Waals surface area contributed by atoms with Crippen LogP contribution in [0.1, 0.15) is 0 Å². The molecule has 0 aliphatic heterocycles. The van der Waals surface area contributed by atoms with E-state index in [0.717, 1.165) is 0 Å². The Morgan fingerprint density at radius 3 is 2.38 bits per heavy atom. The Bertz CT molecular complexity index is 677. The summed E-state index contributed by atoms with van der Waals surface area (Å²) in [7, 11) is 2.92. The number of hydrogen-bond acceptors (Lipinski definition) is 6. The van der Waals surface area contributed by atoms with Crippen LogP contribution in [0, 0.1) is 0 Å². The lowest BCUT2D eigenvalue weighted by Crippen LogP contribution is -2.06. The Labute approximate surface area is 119 Å². The minimum Gasteiger partial charge on any atom is -0.502 e.